The van der Waals surface area contributed by atoms with Gasteiger partial charge in [0.25, 0.3) is 0 Å². The Morgan fingerprint density at radius 3 is 2.39 bits per heavy atom. The van der Waals surface area contributed by atoms with Crippen molar-refractivity contribution in [2.24, 2.45) is 40.4 Å². The van der Waals surface area contributed by atoms with E-state index in [1.807, 2.05) is 0 Å². The summed E-state index contributed by atoms with van der Waals surface area (Å²) >= 11 is 12.3. The first-order chi connectivity index (χ1) is 10.9. The molecule has 0 nitrogen and oxygen atoms in total. The van der Waals surface area contributed by atoms with E-state index in [4.69, 9.17) is 23.2 Å². The molecule has 0 heterocycles. The molecule has 4 aliphatic rings. The lowest BCUT2D eigenvalue weighted by molar-refractivity contribution is -0.111. The van der Waals surface area contributed by atoms with Crippen LogP contribution in [0, 0.1) is 40.4 Å². The molecule has 0 aromatic carbocycles. The molecule has 0 amide bonds. The lowest BCUT2D eigenvalue weighted by atomic mass is 9.45. The van der Waals surface area contributed by atoms with Crippen LogP contribution in [-0.4, -0.2) is 4.84 Å². The average molecular weight is 357 g/mol. The van der Waals surface area contributed by atoms with E-state index in [1.165, 1.54) is 64.2 Å². The van der Waals surface area contributed by atoms with Gasteiger partial charge in [-0.05, 0) is 98.2 Å². The van der Waals surface area contributed by atoms with E-state index in [9.17, 15) is 0 Å². The van der Waals surface area contributed by atoms with E-state index < -0.39 is 0 Å². The number of rotatable bonds is 2. The Labute approximate surface area is 153 Å². The van der Waals surface area contributed by atoms with Crippen LogP contribution < -0.4 is 0 Å². The Morgan fingerprint density at radius 1 is 0.826 bits per heavy atom. The zero-order valence-electron chi connectivity index (χ0n) is 15.0. The summed E-state index contributed by atoms with van der Waals surface area (Å²) in [6.45, 7) is 5.27. The Hall–Kier alpha value is 0.580. The third-order valence-corrected chi connectivity index (χ3v) is 9.60. The standard InChI is InChI=1S/C21H34Cl2/c1-20-11-4-3-5-14(20)6-8-16-17-9-7-15(13-19(22)23)21(17,2)12-10-18(16)20/h14-19H,3-13H2,1-2H3/t14?,15-,16+,17+,18+,20+,21-/m1/s1. The number of hydrogen-bond donors (Lipinski definition) is 0. The molecule has 0 aromatic rings. The predicted octanol–water partition coefficient (Wildman–Crippen LogP) is 7.23. The zero-order chi connectivity index (χ0) is 16.2. The Bertz CT molecular complexity index is 447. The molecule has 0 N–H and O–H groups in total. The van der Waals surface area contributed by atoms with Gasteiger partial charge in [0.1, 0.15) is 4.84 Å². The summed E-state index contributed by atoms with van der Waals surface area (Å²) in [4.78, 5) is -0.167. The summed E-state index contributed by atoms with van der Waals surface area (Å²) in [6, 6.07) is 0. The maximum absolute atomic E-state index is 6.17. The molecule has 4 rings (SSSR count). The van der Waals surface area contributed by atoms with Gasteiger partial charge in [-0.15, -0.1) is 23.2 Å². The fourth-order valence-electron chi connectivity index (χ4n) is 8.01. The number of alkyl halides is 2. The third kappa shape index (κ3) is 2.61. The fraction of sp³-hybridized carbons (Fsp3) is 1.00. The minimum absolute atomic E-state index is 0.167. The van der Waals surface area contributed by atoms with Gasteiger partial charge < -0.3 is 0 Å². The molecule has 0 spiro atoms. The van der Waals surface area contributed by atoms with Gasteiger partial charge in [-0.1, -0.05) is 26.7 Å². The maximum Gasteiger partial charge on any atom is 0.108 e. The van der Waals surface area contributed by atoms with Crippen LogP contribution in [0.2, 0.25) is 0 Å². The highest BCUT2D eigenvalue weighted by atomic mass is 35.5. The van der Waals surface area contributed by atoms with Crippen molar-refractivity contribution < 1.29 is 0 Å². The molecule has 1 unspecified atom stereocenters. The van der Waals surface area contributed by atoms with Gasteiger partial charge in [0.2, 0.25) is 0 Å². The molecular weight excluding hydrogens is 323 g/mol. The molecule has 4 fully saturated rings. The molecule has 0 aromatic heterocycles. The fourth-order valence-corrected chi connectivity index (χ4v) is 8.44. The molecule has 0 saturated heterocycles. The van der Waals surface area contributed by atoms with Crippen LogP contribution in [0.3, 0.4) is 0 Å². The molecule has 2 heteroatoms. The minimum Gasteiger partial charge on any atom is -0.105 e. The van der Waals surface area contributed by atoms with Gasteiger partial charge >= 0.3 is 0 Å². The SMILES string of the molecule is C[C@]12CC[C@H]3[C@@H](CCC4CCCC[C@@]43C)[C@@H]1CC[C@@H]2CC(Cl)Cl. The number of halogens is 2. The molecule has 23 heavy (non-hydrogen) atoms. The highest BCUT2D eigenvalue weighted by Crippen LogP contribution is 2.67. The van der Waals surface area contributed by atoms with Gasteiger partial charge in [-0.3, -0.25) is 0 Å². The lowest BCUT2D eigenvalue weighted by Crippen LogP contribution is -2.52. The topological polar surface area (TPSA) is 0 Å². The number of hydrogen-bond acceptors (Lipinski definition) is 0. The first kappa shape index (κ1) is 17.0. The Balaban J connectivity index is 1.57. The van der Waals surface area contributed by atoms with Crippen LogP contribution in [0.15, 0.2) is 0 Å². The first-order valence-corrected chi connectivity index (χ1v) is 11.1. The average Bonchev–Trinajstić information content (AvgIpc) is 2.83. The van der Waals surface area contributed by atoms with E-state index in [1.54, 1.807) is 0 Å². The van der Waals surface area contributed by atoms with Crippen LogP contribution in [0.25, 0.3) is 0 Å². The summed E-state index contributed by atoms with van der Waals surface area (Å²) < 4.78 is 0. The second-order valence-electron chi connectivity index (χ2n) is 9.85. The summed E-state index contributed by atoms with van der Waals surface area (Å²) in [5.41, 5.74) is 1.20. The predicted molar refractivity (Wildman–Crippen MR) is 99.9 cm³/mol. The van der Waals surface area contributed by atoms with Gasteiger partial charge in [0, 0.05) is 0 Å². The molecule has 0 aliphatic heterocycles. The first-order valence-electron chi connectivity index (χ1n) is 10.2. The second-order valence-corrected chi connectivity index (χ2v) is 11.1. The van der Waals surface area contributed by atoms with Crippen LogP contribution in [0.5, 0.6) is 0 Å². The van der Waals surface area contributed by atoms with Gasteiger partial charge in [0.05, 0.1) is 0 Å². The number of fused-ring (bicyclic) bond motifs is 5. The summed E-state index contributed by atoms with van der Waals surface area (Å²) in [6.07, 6.45) is 15.8. The van der Waals surface area contributed by atoms with Crippen molar-refractivity contribution in [2.45, 2.75) is 89.3 Å². The van der Waals surface area contributed by atoms with Crippen molar-refractivity contribution in [3.8, 4) is 0 Å². The Morgan fingerprint density at radius 2 is 1.61 bits per heavy atom. The smallest absolute Gasteiger partial charge is 0.105 e. The van der Waals surface area contributed by atoms with E-state index in [0.29, 0.717) is 10.8 Å². The Kier molecular flexibility index (Phi) is 4.50. The van der Waals surface area contributed by atoms with Crippen LogP contribution in [0.4, 0.5) is 0 Å². The minimum atomic E-state index is -0.167. The molecule has 4 saturated carbocycles. The monoisotopic (exact) mass is 356 g/mol. The van der Waals surface area contributed by atoms with E-state index in [-0.39, 0.29) is 4.84 Å². The molecule has 0 radical (unpaired) electrons. The van der Waals surface area contributed by atoms with Gasteiger partial charge in [-0.25, -0.2) is 0 Å². The largest absolute Gasteiger partial charge is 0.108 e. The summed E-state index contributed by atoms with van der Waals surface area (Å²) in [5, 5.41) is 0. The van der Waals surface area contributed by atoms with Crippen molar-refractivity contribution in [1.29, 1.82) is 0 Å². The molecule has 4 aliphatic carbocycles. The van der Waals surface area contributed by atoms with E-state index in [2.05, 4.69) is 13.8 Å². The summed E-state index contributed by atoms with van der Waals surface area (Å²) in [7, 11) is 0. The van der Waals surface area contributed by atoms with Crippen LogP contribution in [-0.2, 0) is 0 Å². The highest BCUT2D eigenvalue weighted by Gasteiger charge is 2.59. The quantitative estimate of drug-likeness (QED) is 0.457. The molecule has 7 atom stereocenters. The summed E-state index contributed by atoms with van der Waals surface area (Å²) in [5.74, 6) is 4.78. The maximum atomic E-state index is 6.17. The van der Waals surface area contributed by atoms with E-state index in [0.717, 1.165) is 36.0 Å². The van der Waals surface area contributed by atoms with Crippen LogP contribution in [0.1, 0.15) is 84.5 Å². The van der Waals surface area contributed by atoms with Crippen molar-refractivity contribution >= 4 is 23.2 Å². The normalized spacial score (nSPS) is 52.8. The van der Waals surface area contributed by atoms with Crippen molar-refractivity contribution in [3.63, 3.8) is 0 Å². The zero-order valence-corrected chi connectivity index (χ0v) is 16.5. The van der Waals surface area contributed by atoms with Gasteiger partial charge in [-0.2, -0.15) is 0 Å². The molecular formula is C21H34Cl2. The lowest BCUT2D eigenvalue weighted by Gasteiger charge is -2.60. The van der Waals surface area contributed by atoms with Crippen LogP contribution >= 0.6 is 23.2 Å². The van der Waals surface area contributed by atoms with Crippen molar-refractivity contribution in [2.75, 3.05) is 0 Å². The van der Waals surface area contributed by atoms with Gasteiger partial charge in [0.15, 0.2) is 0 Å². The van der Waals surface area contributed by atoms with Crippen molar-refractivity contribution in [3.05, 3.63) is 0 Å². The highest BCUT2D eigenvalue weighted by molar-refractivity contribution is 6.44. The molecule has 0 bridgehead atoms. The van der Waals surface area contributed by atoms with E-state index >= 15 is 0 Å². The third-order valence-electron chi connectivity index (χ3n) is 9.24. The molecule has 132 valence electrons. The second kappa shape index (κ2) is 6.08. The van der Waals surface area contributed by atoms with Crippen molar-refractivity contribution in [1.82, 2.24) is 0 Å².